The van der Waals surface area contributed by atoms with Crippen LogP contribution in [0.1, 0.15) is 26.4 Å². The van der Waals surface area contributed by atoms with Gasteiger partial charge >= 0.3 is 5.97 Å². The Morgan fingerprint density at radius 3 is 2.19 bits per heavy atom. The maximum absolute atomic E-state index is 12.5. The minimum atomic E-state index is -3.74. The highest BCUT2D eigenvalue weighted by Crippen LogP contribution is 2.28. The number of carboxylic acid groups (broad SMARTS) is 1. The van der Waals surface area contributed by atoms with Gasteiger partial charge in [0.25, 0.3) is 10.0 Å². The van der Waals surface area contributed by atoms with E-state index in [-0.39, 0.29) is 14.8 Å². The molecule has 0 amide bonds. The van der Waals surface area contributed by atoms with Crippen LogP contribution in [0.3, 0.4) is 0 Å². The predicted octanol–water partition coefficient (Wildman–Crippen LogP) is 3.17. The molecule has 21 heavy (non-hydrogen) atoms. The van der Waals surface area contributed by atoms with Gasteiger partial charge in [-0.15, -0.1) is 11.3 Å². The summed E-state index contributed by atoms with van der Waals surface area (Å²) in [5, 5.41) is 9.15. The summed E-state index contributed by atoms with van der Waals surface area (Å²) in [4.78, 5) is 11.2. The molecule has 0 atom stereocenters. The first-order valence-corrected chi connectivity index (χ1v) is 8.44. The number of benzene rings is 1. The fraction of sp³-hybridized carbons (Fsp3) is 0.214. The fourth-order valence-electron chi connectivity index (χ4n) is 2.28. The minimum Gasteiger partial charge on any atom is -0.477 e. The molecule has 0 fully saturated rings. The number of sulfonamides is 1. The van der Waals surface area contributed by atoms with Crippen molar-refractivity contribution >= 4 is 32.3 Å². The second kappa shape index (κ2) is 5.50. The van der Waals surface area contributed by atoms with Crippen molar-refractivity contribution in [3.8, 4) is 0 Å². The molecule has 0 unspecified atom stereocenters. The number of thiophene rings is 1. The number of carboxylic acids is 1. The molecular weight excluding hydrogens is 310 g/mol. The molecule has 0 saturated heterocycles. The molecule has 1 aromatic heterocycles. The quantitative estimate of drug-likeness (QED) is 0.904. The topological polar surface area (TPSA) is 83.5 Å². The molecule has 2 N–H and O–H groups in total. The summed E-state index contributed by atoms with van der Waals surface area (Å²) in [6.45, 7) is 5.39. The van der Waals surface area contributed by atoms with E-state index in [9.17, 15) is 13.2 Å². The Labute approximate surface area is 127 Å². The number of aryl methyl sites for hydroxylation is 3. The lowest BCUT2D eigenvalue weighted by Crippen LogP contribution is -2.15. The maximum Gasteiger partial charge on any atom is 0.345 e. The van der Waals surface area contributed by atoms with Gasteiger partial charge in [-0.1, -0.05) is 17.7 Å². The van der Waals surface area contributed by atoms with Gasteiger partial charge in [-0.3, -0.25) is 4.72 Å². The predicted molar refractivity (Wildman–Crippen MR) is 82.7 cm³/mol. The van der Waals surface area contributed by atoms with Crippen molar-refractivity contribution in [2.24, 2.45) is 0 Å². The molecule has 0 aliphatic rings. The van der Waals surface area contributed by atoms with Gasteiger partial charge < -0.3 is 5.11 Å². The summed E-state index contributed by atoms with van der Waals surface area (Å²) in [5.41, 5.74) is 2.32. The smallest absolute Gasteiger partial charge is 0.345 e. The summed E-state index contributed by atoms with van der Waals surface area (Å²) in [7, 11) is -3.74. The average molecular weight is 325 g/mol. The first-order valence-electron chi connectivity index (χ1n) is 6.14. The third-order valence-corrected chi connectivity index (χ3v) is 5.71. The summed E-state index contributed by atoms with van der Waals surface area (Å²) in [6, 6.07) is 6.43. The lowest BCUT2D eigenvalue weighted by Gasteiger charge is -2.12. The first kappa shape index (κ1) is 15.5. The SMILES string of the molecule is Cc1cc(C)c(S(=O)(=O)Nc2ccc(C(=O)O)s2)c(C)c1. The summed E-state index contributed by atoms with van der Waals surface area (Å²) >= 11 is 0.888. The molecule has 112 valence electrons. The van der Waals surface area contributed by atoms with Crippen molar-refractivity contribution in [2.45, 2.75) is 25.7 Å². The molecule has 2 rings (SSSR count). The molecule has 0 saturated carbocycles. The van der Waals surface area contributed by atoms with Crippen molar-refractivity contribution in [2.75, 3.05) is 4.72 Å². The van der Waals surface area contributed by atoms with Crippen LogP contribution in [0.15, 0.2) is 29.2 Å². The van der Waals surface area contributed by atoms with Crippen LogP contribution in [-0.2, 0) is 10.0 Å². The zero-order valence-electron chi connectivity index (χ0n) is 11.8. The fourth-order valence-corrected chi connectivity index (χ4v) is 4.77. The molecule has 0 aliphatic carbocycles. The van der Waals surface area contributed by atoms with Crippen LogP contribution in [0.5, 0.6) is 0 Å². The average Bonchev–Trinajstić information content (AvgIpc) is 2.74. The van der Waals surface area contributed by atoms with Crippen molar-refractivity contribution in [3.05, 3.63) is 45.8 Å². The largest absolute Gasteiger partial charge is 0.477 e. The second-order valence-electron chi connectivity index (χ2n) is 4.80. The number of anilines is 1. The summed E-state index contributed by atoms with van der Waals surface area (Å²) in [5.74, 6) is -1.08. The number of hydrogen-bond donors (Lipinski definition) is 2. The lowest BCUT2D eigenvalue weighted by atomic mass is 10.1. The van der Waals surface area contributed by atoms with Gasteiger partial charge in [-0.2, -0.15) is 0 Å². The molecule has 1 heterocycles. The third-order valence-electron chi connectivity index (χ3n) is 2.93. The number of nitrogens with one attached hydrogen (secondary N) is 1. The third kappa shape index (κ3) is 3.25. The van der Waals surface area contributed by atoms with Gasteiger partial charge in [-0.05, 0) is 44.0 Å². The Kier molecular flexibility index (Phi) is 4.06. The molecule has 0 bridgehead atoms. The number of hydrogen-bond acceptors (Lipinski definition) is 4. The van der Waals surface area contributed by atoms with Gasteiger partial charge in [0.05, 0.1) is 4.90 Å². The highest BCUT2D eigenvalue weighted by molar-refractivity contribution is 7.93. The Morgan fingerprint density at radius 1 is 1.14 bits per heavy atom. The van der Waals surface area contributed by atoms with Crippen LogP contribution in [-0.4, -0.2) is 19.5 Å². The minimum absolute atomic E-state index is 0.0880. The monoisotopic (exact) mass is 325 g/mol. The van der Waals surface area contributed by atoms with Gasteiger partial charge in [-0.25, -0.2) is 13.2 Å². The van der Waals surface area contributed by atoms with E-state index in [0.717, 1.165) is 16.9 Å². The summed E-state index contributed by atoms with van der Waals surface area (Å²) < 4.78 is 27.4. The molecule has 0 radical (unpaired) electrons. The Balaban J connectivity index is 2.41. The van der Waals surface area contributed by atoms with E-state index in [4.69, 9.17) is 5.11 Å². The normalized spacial score (nSPS) is 11.4. The van der Waals surface area contributed by atoms with Crippen LogP contribution in [0.4, 0.5) is 5.00 Å². The Hall–Kier alpha value is -1.86. The van der Waals surface area contributed by atoms with Crippen molar-refractivity contribution in [1.29, 1.82) is 0 Å². The van der Waals surface area contributed by atoms with E-state index in [1.165, 1.54) is 12.1 Å². The Morgan fingerprint density at radius 2 is 1.71 bits per heavy atom. The van der Waals surface area contributed by atoms with Crippen LogP contribution in [0.2, 0.25) is 0 Å². The molecular formula is C14H15NO4S2. The summed E-state index contributed by atoms with van der Waals surface area (Å²) in [6.07, 6.45) is 0. The van der Waals surface area contributed by atoms with E-state index in [1.807, 2.05) is 6.92 Å². The molecule has 0 aliphatic heterocycles. The standard InChI is InChI=1S/C14H15NO4S2/c1-8-6-9(2)13(10(3)7-8)21(18,19)15-12-5-4-11(20-12)14(16)17/h4-7,15H,1-3H3,(H,16,17). The van der Waals surface area contributed by atoms with Crippen molar-refractivity contribution < 1.29 is 18.3 Å². The van der Waals surface area contributed by atoms with Gasteiger partial charge in [0.1, 0.15) is 9.88 Å². The highest BCUT2D eigenvalue weighted by Gasteiger charge is 2.21. The number of carbonyl (C=O) groups is 1. The molecule has 1 aromatic carbocycles. The van der Waals surface area contributed by atoms with Gasteiger partial charge in [0.15, 0.2) is 0 Å². The van der Waals surface area contributed by atoms with Crippen molar-refractivity contribution in [3.63, 3.8) is 0 Å². The van der Waals surface area contributed by atoms with E-state index in [2.05, 4.69) is 4.72 Å². The van der Waals surface area contributed by atoms with Crippen molar-refractivity contribution in [1.82, 2.24) is 0 Å². The molecule has 5 nitrogen and oxygen atoms in total. The van der Waals surface area contributed by atoms with E-state index in [0.29, 0.717) is 11.1 Å². The highest BCUT2D eigenvalue weighted by atomic mass is 32.2. The van der Waals surface area contributed by atoms with Gasteiger partial charge in [0, 0.05) is 0 Å². The van der Waals surface area contributed by atoms with Gasteiger partial charge in [0.2, 0.25) is 0 Å². The zero-order valence-corrected chi connectivity index (χ0v) is 13.4. The Bertz CT molecular complexity index is 783. The number of rotatable bonds is 4. The van der Waals surface area contributed by atoms with E-state index < -0.39 is 16.0 Å². The first-order chi connectivity index (χ1) is 9.70. The lowest BCUT2D eigenvalue weighted by molar-refractivity contribution is 0.0702. The second-order valence-corrected chi connectivity index (χ2v) is 7.51. The van der Waals surface area contributed by atoms with E-state index >= 15 is 0 Å². The van der Waals surface area contributed by atoms with Crippen LogP contribution in [0.25, 0.3) is 0 Å². The van der Waals surface area contributed by atoms with Crippen LogP contribution in [0, 0.1) is 20.8 Å². The molecule has 2 aromatic rings. The number of aromatic carboxylic acids is 1. The van der Waals surface area contributed by atoms with E-state index in [1.54, 1.807) is 26.0 Å². The molecule has 0 spiro atoms. The maximum atomic E-state index is 12.5. The van der Waals surface area contributed by atoms with Crippen LogP contribution >= 0.6 is 11.3 Å². The van der Waals surface area contributed by atoms with Crippen LogP contribution < -0.4 is 4.72 Å². The zero-order chi connectivity index (χ0) is 15.8. The molecule has 7 heteroatoms.